The molecule has 2 bridgehead atoms. The highest BCUT2D eigenvalue weighted by Crippen LogP contribution is 2.62. The highest BCUT2D eigenvalue weighted by atomic mass is 32.2. The van der Waals surface area contributed by atoms with Crippen LogP contribution in [0.3, 0.4) is 0 Å². The van der Waals surface area contributed by atoms with Gasteiger partial charge in [0.25, 0.3) is 10.2 Å². The third-order valence-corrected chi connectivity index (χ3v) is 12.0. The molecule has 222 valence electrons. The Kier molecular flexibility index (Phi) is 6.84. The van der Waals surface area contributed by atoms with Crippen molar-refractivity contribution in [2.45, 2.75) is 75.8 Å². The van der Waals surface area contributed by atoms with Crippen molar-refractivity contribution >= 4 is 21.2 Å². The largest absolute Gasteiger partial charge is 0.494 e. The van der Waals surface area contributed by atoms with Crippen molar-refractivity contribution in [1.82, 2.24) is 24.1 Å². The van der Waals surface area contributed by atoms with Crippen molar-refractivity contribution in [3.8, 4) is 11.8 Å². The van der Waals surface area contributed by atoms with Gasteiger partial charge >= 0.3 is 0 Å². The van der Waals surface area contributed by atoms with Gasteiger partial charge in [0.2, 0.25) is 0 Å². The summed E-state index contributed by atoms with van der Waals surface area (Å²) in [5.74, 6) is 1.55. The van der Waals surface area contributed by atoms with Gasteiger partial charge < -0.3 is 19.6 Å². The number of nitrogens with one attached hydrogen (secondary N) is 2. The third-order valence-electron chi connectivity index (χ3n) is 10.8. The number of aromatic hydroxyl groups is 2. The van der Waals surface area contributed by atoms with E-state index in [9.17, 15) is 18.6 Å². The number of hydrogen-bond acceptors (Lipinski definition) is 7. The summed E-state index contributed by atoms with van der Waals surface area (Å²) in [5, 5.41) is 28.2. The number of fused-ring (bicyclic) bond motifs is 6. The van der Waals surface area contributed by atoms with E-state index in [1.165, 1.54) is 7.05 Å². The summed E-state index contributed by atoms with van der Waals surface area (Å²) >= 11 is 0. The monoisotopic (exact) mass is 583 g/mol. The maximum absolute atomic E-state index is 12.3. The number of rotatable bonds is 8. The zero-order chi connectivity index (χ0) is 28.5. The Morgan fingerprint density at radius 1 is 1.00 bits per heavy atom. The van der Waals surface area contributed by atoms with E-state index >= 15 is 0 Å². The molecule has 3 heterocycles. The molecule has 10 nitrogen and oxygen atoms in total. The maximum atomic E-state index is 12.3. The van der Waals surface area contributed by atoms with E-state index in [2.05, 4.69) is 25.6 Å². The minimum atomic E-state index is -3.61. The average molecular weight is 584 g/mol. The predicted molar refractivity (Wildman–Crippen MR) is 155 cm³/mol. The number of nitrogens with zero attached hydrogens (tertiary/aromatic N) is 3. The minimum absolute atomic E-state index is 0.0363. The van der Waals surface area contributed by atoms with Crippen molar-refractivity contribution < 1.29 is 23.2 Å². The summed E-state index contributed by atoms with van der Waals surface area (Å²) in [5.41, 5.74) is 3.52. The number of piperidine rings is 1. The van der Waals surface area contributed by atoms with Gasteiger partial charge in [-0.2, -0.15) is 13.1 Å². The Morgan fingerprint density at radius 3 is 2.41 bits per heavy atom. The Bertz CT molecular complexity index is 1540. The molecule has 6 atom stereocenters. The molecule has 4 N–H and O–H groups in total. The van der Waals surface area contributed by atoms with Crippen LogP contribution in [0.1, 0.15) is 80.0 Å². The Hall–Kier alpha value is -2.60. The zero-order valence-electron chi connectivity index (χ0n) is 23.8. The van der Waals surface area contributed by atoms with Gasteiger partial charge in [0.1, 0.15) is 0 Å². The van der Waals surface area contributed by atoms with Gasteiger partial charge in [0.05, 0.1) is 5.69 Å². The summed E-state index contributed by atoms with van der Waals surface area (Å²) in [7, 11) is -2.21. The Morgan fingerprint density at radius 2 is 1.68 bits per heavy atom. The summed E-state index contributed by atoms with van der Waals surface area (Å²) < 4.78 is 36.9. The van der Waals surface area contributed by atoms with Gasteiger partial charge in [0.15, 0.2) is 17.3 Å². The van der Waals surface area contributed by atoms with E-state index in [0.717, 1.165) is 85.9 Å². The first kappa shape index (κ1) is 27.2. The van der Waals surface area contributed by atoms with Gasteiger partial charge in [-0.05, 0) is 81.0 Å². The predicted octanol–water partition coefficient (Wildman–Crippen LogP) is 3.98. The van der Waals surface area contributed by atoms with Gasteiger partial charge in [-0.3, -0.25) is 4.57 Å². The smallest absolute Gasteiger partial charge is 0.276 e. The third kappa shape index (κ3) is 4.56. The SMILES string of the molecule is CNS(=O)(=O)NC1C2CC(c3c2c(O)n(CC2CCCC2CN2CCC(c4noc5ccccc45)CC2)c3O)C1C. The lowest BCUT2D eigenvalue weighted by Gasteiger charge is -2.34. The zero-order valence-corrected chi connectivity index (χ0v) is 24.6. The fourth-order valence-corrected chi connectivity index (χ4v) is 9.50. The molecule has 3 aliphatic carbocycles. The van der Waals surface area contributed by atoms with E-state index in [4.69, 9.17) is 4.52 Å². The molecule has 0 amide bonds. The normalized spacial score (nSPS) is 30.5. The van der Waals surface area contributed by atoms with Crippen molar-refractivity contribution in [3.63, 3.8) is 0 Å². The van der Waals surface area contributed by atoms with Gasteiger partial charge in [-0.25, -0.2) is 4.72 Å². The van der Waals surface area contributed by atoms with E-state index < -0.39 is 10.2 Å². The second-order valence-corrected chi connectivity index (χ2v) is 14.5. The van der Waals surface area contributed by atoms with Crippen LogP contribution in [0, 0.1) is 17.8 Å². The molecule has 1 aliphatic heterocycles. The molecule has 2 aromatic heterocycles. The quantitative estimate of drug-likeness (QED) is 0.315. The first-order valence-corrected chi connectivity index (χ1v) is 16.7. The highest BCUT2D eigenvalue weighted by molar-refractivity contribution is 7.87. The molecule has 41 heavy (non-hydrogen) atoms. The number of aromatic nitrogens is 2. The maximum Gasteiger partial charge on any atom is 0.276 e. The second kappa shape index (κ2) is 10.3. The molecule has 0 spiro atoms. The number of hydrogen-bond donors (Lipinski definition) is 4. The van der Waals surface area contributed by atoms with Crippen molar-refractivity contribution in [2.24, 2.45) is 17.8 Å². The molecule has 6 unspecified atom stereocenters. The summed E-state index contributed by atoms with van der Waals surface area (Å²) in [6.07, 6.45) is 6.30. The number of benzene rings is 1. The number of para-hydroxylation sites is 1. The Labute approximate surface area is 241 Å². The van der Waals surface area contributed by atoms with Gasteiger partial charge in [-0.15, -0.1) is 0 Å². The van der Waals surface area contributed by atoms with E-state index in [1.54, 1.807) is 4.57 Å². The second-order valence-electron chi connectivity index (χ2n) is 12.8. The fourth-order valence-electron chi connectivity index (χ4n) is 8.64. The van der Waals surface area contributed by atoms with Crippen molar-refractivity contribution in [1.29, 1.82) is 0 Å². The molecule has 0 radical (unpaired) electrons. The highest BCUT2D eigenvalue weighted by Gasteiger charge is 2.54. The van der Waals surface area contributed by atoms with Crippen LogP contribution in [0.4, 0.5) is 0 Å². The first-order chi connectivity index (χ1) is 19.8. The van der Waals surface area contributed by atoms with E-state index in [-0.39, 0.29) is 35.6 Å². The Balaban J connectivity index is 1.02. The van der Waals surface area contributed by atoms with Crippen LogP contribution in [0.2, 0.25) is 0 Å². The summed E-state index contributed by atoms with van der Waals surface area (Å²) in [6, 6.07) is 7.80. The molecule has 2 saturated carbocycles. The van der Waals surface area contributed by atoms with Crippen LogP contribution < -0.4 is 9.44 Å². The van der Waals surface area contributed by atoms with Crippen LogP contribution in [0.5, 0.6) is 11.8 Å². The van der Waals surface area contributed by atoms with E-state index in [1.807, 2.05) is 25.1 Å². The molecule has 7 rings (SSSR count). The molecule has 3 fully saturated rings. The topological polar surface area (TPSA) is 133 Å². The number of likely N-dealkylation sites (tertiary alicyclic amines) is 1. The molecule has 3 aromatic rings. The molecule has 1 saturated heterocycles. The van der Waals surface area contributed by atoms with Crippen molar-refractivity contribution in [3.05, 3.63) is 41.1 Å². The standard InChI is InChI=1S/C30H41N5O5S/c1-17-22-14-23(27(17)33-41(38,39)31-2)26-25(22)29(36)35(30(26)37)16-20-7-5-6-19(20)15-34-12-10-18(11-13-34)28-21-8-3-4-9-24(21)40-32-28/h3-4,8-9,17-20,22-23,27,31,33,36-37H,5-7,10-16H2,1-2H3. The average Bonchev–Trinajstić information content (AvgIpc) is 3.78. The lowest BCUT2D eigenvalue weighted by molar-refractivity contribution is 0.157. The molecule has 11 heteroatoms. The fraction of sp³-hybridized carbons (Fsp3) is 0.633. The van der Waals surface area contributed by atoms with Crippen molar-refractivity contribution in [2.75, 3.05) is 26.7 Å². The lowest BCUT2D eigenvalue weighted by Crippen LogP contribution is -2.46. The van der Waals surface area contributed by atoms with Crippen LogP contribution in [-0.2, 0) is 16.8 Å². The van der Waals surface area contributed by atoms with Crippen LogP contribution in [-0.4, -0.2) is 66.0 Å². The first-order valence-electron chi connectivity index (χ1n) is 15.2. The minimum Gasteiger partial charge on any atom is -0.494 e. The molecular weight excluding hydrogens is 542 g/mol. The van der Waals surface area contributed by atoms with Crippen LogP contribution in [0.15, 0.2) is 28.8 Å². The van der Waals surface area contributed by atoms with Gasteiger partial charge in [-0.1, -0.05) is 30.6 Å². The van der Waals surface area contributed by atoms with Crippen LogP contribution >= 0.6 is 0 Å². The molecule has 1 aromatic carbocycles. The van der Waals surface area contributed by atoms with Gasteiger partial charge in [0, 0.05) is 54.5 Å². The summed E-state index contributed by atoms with van der Waals surface area (Å²) in [6.45, 7) is 5.74. The summed E-state index contributed by atoms with van der Waals surface area (Å²) in [4.78, 5) is 2.58. The van der Waals surface area contributed by atoms with Crippen LogP contribution in [0.25, 0.3) is 11.0 Å². The molecule has 4 aliphatic rings. The lowest BCUT2D eigenvalue weighted by atomic mass is 9.83. The molecular formula is C30H41N5O5S. The van der Waals surface area contributed by atoms with E-state index in [0.29, 0.717) is 24.3 Å².